The highest BCUT2D eigenvalue weighted by molar-refractivity contribution is 6.31. The van der Waals surface area contributed by atoms with Crippen LogP contribution in [-0.2, 0) is 21.5 Å². The van der Waals surface area contributed by atoms with Gasteiger partial charge in [0.2, 0.25) is 17.7 Å². The van der Waals surface area contributed by atoms with Crippen molar-refractivity contribution in [2.75, 3.05) is 20.6 Å². The quantitative estimate of drug-likeness (QED) is 0.535. The van der Waals surface area contributed by atoms with Crippen molar-refractivity contribution < 1.29 is 14.1 Å². The van der Waals surface area contributed by atoms with E-state index < -0.39 is 5.54 Å². The number of amides is 2. The van der Waals surface area contributed by atoms with Gasteiger partial charge in [0.15, 0.2) is 5.82 Å². The number of aryl methyl sites for hydroxylation is 1. The molecule has 1 aromatic carbocycles. The number of aromatic nitrogens is 2. The summed E-state index contributed by atoms with van der Waals surface area (Å²) in [7, 11) is 3.91. The molecule has 9 heteroatoms. The number of likely N-dealkylation sites (N-methyl/N-ethyl adjacent to an activating group) is 1. The summed E-state index contributed by atoms with van der Waals surface area (Å²) in [6, 6.07) is 7.61. The molecule has 2 N–H and O–H groups in total. The van der Waals surface area contributed by atoms with Crippen LogP contribution < -0.4 is 10.6 Å². The Morgan fingerprint density at radius 1 is 1.18 bits per heavy atom. The maximum atomic E-state index is 12.5. The van der Waals surface area contributed by atoms with Crippen LogP contribution in [-0.4, -0.2) is 47.5 Å². The number of hydrogen-bond donors (Lipinski definition) is 2. The van der Waals surface area contributed by atoms with Crippen molar-refractivity contribution >= 4 is 23.4 Å². The highest BCUT2D eigenvalue weighted by atomic mass is 35.5. The first-order chi connectivity index (χ1) is 15.8. The van der Waals surface area contributed by atoms with Gasteiger partial charge in [0.25, 0.3) is 0 Å². The van der Waals surface area contributed by atoms with Crippen molar-refractivity contribution in [3.05, 3.63) is 46.6 Å². The summed E-state index contributed by atoms with van der Waals surface area (Å²) < 4.78 is 5.45. The van der Waals surface area contributed by atoms with Crippen molar-refractivity contribution in [3.63, 3.8) is 0 Å². The van der Waals surface area contributed by atoms with Gasteiger partial charge in [0.05, 0.1) is 6.04 Å². The first-order valence-corrected chi connectivity index (χ1v) is 12.0. The molecule has 1 heterocycles. The fourth-order valence-corrected chi connectivity index (χ4v) is 4.72. The first kappa shape index (κ1) is 25.2. The third kappa shape index (κ3) is 6.77. The Kier molecular flexibility index (Phi) is 8.86. The summed E-state index contributed by atoms with van der Waals surface area (Å²) in [5.74, 6) is 0.724. The zero-order valence-corrected chi connectivity index (χ0v) is 20.5. The molecule has 3 rings (SSSR count). The molecular formula is C24H34ClN5O3. The van der Waals surface area contributed by atoms with Crippen molar-refractivity contribution in [1.29, 1.82) is 0 Å². The smallest absolute Gasteiger partial charge is 0.227 e. The van der Waals surface area contributed by atoms with Crippen LogP contribution in [0, 0.1) is 0 Å². The van der Waals surface area contributed by atoms with Crippen LogP contribution >= 0.6 is 11.6 Å². The fraction of sp³-hybridized carbons (Fsp3) is 0.583. The Balaban J connectivity index is 1.58. The van der Waals surface area contributed by atoms with Gasteiger partial charge in [-0.3, -0.25) is 9.59 Å². The highest BCUT2D eigenvalue weighted by Gasteiger charge is 2.38. The van der Waals surface area contributed by atoms with E-state index in [1.54, 1.807) is 0 Å². The van der Waals surface area contributed by atoms with Gasteiger partial charge in [-0.2, -0.15) is 4.98 Å². The minimum absolute atomic E-state index is 0.0367. The van der Waals surface area contributed by atoms with Crippen LogP contribution in [0.3, 0.4) is 0 Å². The number of nitrogens with zero attached hydrogens (tertiary/aromatic N) is 3. The molecule has 33 heavy (non-hydrogen) atoms. The summed E-state index contributed by atoms with van der Waals surface area (Å²) in [5, 5.41) is 10.9. The third-order valence-electron chi connectivity index (χ3n) is 6.21. The molecule has 1 fully saturated rings. The Bertz CT molecular complexity index is 938. The minimum Gasteiger partial charge on any atom is -0.354 e. The predicted molar refractivity (Wildman–Crippen MR) is 127 cm³/mol. The van der Waals surface area contributed by atoms with Crippen molar-refractivity contribution in [2.24, 2.45) is 0 Å². The molecule has 180 valence electrons. The number of nitrogens with one attached hydrogen (secondary N) is 2. The van der Waals surface area contributed by atoms with Crippen LogP contribution in [0.2, 0.25) is 5.02 Å². The lowest BCUT2D eigenvalue weighted by molar-refractivity contribution is -0.122. The summed E-state index contributed by atoms with van der Waals surface area (Å²) >= 11 is 6.35. The lowest BCUT2D eigenvalue weighted by Gasteiger charge is -2.30. The molecule has 2 amide bonds. The van der Waals surface area contributed by atoms with Crippen LogP contribution in [0.5, 0.6) is 0 Å². The number of carbonyl (C=O) groups excluding carboxylic acids is 2. The Morgan fingerprint density at radius 3 is 2.52 bits per heavy atom. The van der Waals surface area contributed by atoms with Crippen LogP contribution in [0.15, 0.2) is 28.8 Å². The molecule has 1 unspecified atom stereocenters. The van der Waals surface area contributed by atoms with Crippen molar-refractivity contribution in [3.8, 4) is 0 Å². The average molecular weight is 476 g/mol. The molecular weight excluding hydrogens is 442 g/mol. The summed E-state index contributed by atoms with van der Waals surface area (Å²) in [6.45, 7) is 1.96. The maximum Gasteiger partial charge on any atom is 0.227 e. The zero-order chi connectivity index (χ0) is 23.8. The number of halogens is 1. The SMILES string of the molecule is CC(=O)NC1(c2noc(CCC(=O)NCC(c3ccccc3Cl)N(C)C)n2)CCCCCC1. The molecule has 0 radical (unpaired) electrons. The van der Waals surface area contributed by atoms with E-state index in [0.29, 0.717) is 29.7 Å². The van der Waals surface area contributed by atoms with Crippen molar-refractivity contribution in [1.82, 2.24) is 25.7 Å². The monoisotopic (exact) mass is 475 g/mol. The lowest BCUT2D eigenvalue weighted by atomic mass is 9.89. The zero-order valence-electron chi connectivity index (χ0n) is 19.7. The van der Waals surface area contributed by atoms with Crippen LogP contribution in [0.1, 0.15) is 75.2 Å². The van der Waals surface area contributed by atoms with E-state index in [1.807, 2.05) is 43.3 Å². The highest BCUT2D eigenvalue weighted by Crippen LogP contribution is 2.34. The van der Waals surface area contributed by atoms with E-state index in [9.17, 15) is 9.59 Å². The van der Waals surface area contributed by atoms with Crippen LogP contribution in [0.25, 0.3) is 0 Å². The largest absolute Gasteiger partial charge is 0.354 e. The fourth-order valence-electron chi connectivity index (χ4n) is 4.46. The summed E-state index contributed by atoms with van der Waals surface area (Å²) in [6.07, 6.45) is 6.43. The van der Waals surface area contributed by atoms with Gasteiger partial charge in [0.1, 0.15) is 5.54 Å². The van der Waals surface area contributed by atoms with Gasteiger partial charge in [0, 0.05) is 31.3 Å². The third-order valence-corrected chi connectivity index (χ3v) is 6.56. The second-order valence-electron chi connectivity index (χ2n) is 8.99. The van der Waals surface area contributed by atoms with E-state index >= 15 is 0 Å². The molecule has 0 saturated heterocycles. The number of carbonyl (C=O) groups is 2. The second-order valence-corrected chi connectivity index (χ2v) is 9.40. The average Bonchev–Trinajstić information content (AvgIpc) is 3.13. The molecule has 0 aliphatic heterocycles. The topological polar surface area (TPSA) is 100 Å². The molecule has 1 aliphatic carbocycles. The van der Waals surface area contributed by atoms with E-state index in [1.165, 1.54) is 6.92 Å². The Hall–Kier alpha value is -2.45. The Morgan fingerprint density at radius 2 is 1.88 bits per heavy atom. The van der Waals surface area contributed by atoms with Gasteiger partial charge in [-0.1, -0.05) is 60.6 Å². The van der Waals surface area contributed by atoms with Gasteiger partial charge in [-0.05, 0) is 38.6 Å². The number of benzene rings is 1. The molecule has 1 aliphatic rings. The molecule has 1 aromatic heterocycles. The van der Waals surface area contributed by atoms with E-state index in [2.05, 4.69) is 20.8 Å². The lowest BCUT2D eigenvalue weighted by Crippen LogP contribution is -2.45. The van der Waals surface area contributed by atoms with E-state index in [0.717, 1.165) is 44.1 Å². The van der Waals surface area contributed by atoms with Crippen LogP contribution in [0.4, 0.5) is 0 Å². The Labute approximate surface area is 200 Å². The van der Waals surface area contributed by atoms with Gasteiger partial charge in [-0.25, -0.2) is 0 Å². The second kappa shape index (κ2) is 11.6. The first-order valence-electron chi connectivity index (χ1n) is 11.6. The normalized spacial score (nSPS) is 16.8. The molecule has 0 spiro atoms. The standard InChI is InChI=1S/C24H34ClN5O3/c1-17(31)28-24(14-8-4-5-9-15-24)23-27-22(33-29-23)13-12-21(32)26-16-20(30(2)3)18-10-6-7-11-19(18)25/h6-7,10-11,20H,4-5,8-9,12-16H2,1-3H3,(H,26,32)(H,28,31). The molecule has 1 saturated carbocycles. The maximum absolute atomic E-state index is 12.5. The molecule has 1 atom stereocenters. The molecule has 8 nitrogen and oxygen atoms in total. The predicted octanol–water partition coefficient (Wildman–Crippen LogP) is 3.76. The van der Waals surface area contributed by atoms with Gasteiger partial charge in [-0.15, -0.1) is 0 Å². The molecule has 0 bridgehead atoms. The summed E-state index contributed by atoms with van der Waals surface area (Å²) in [4.78, 5) is 31.0. The van der Waals surface area contributed by atoms with Gasteiger partial charge < -0.3 is 20.1 Å². The van der Waals surface area contributed by atoms with Gasteiger partial charge >= 0.3 is 0 Å². The number of rotatable bonds is 9. The van der Waals surface area contributed by atoms with E-state index in [-0.39, 0.29) is 24.3 Å². The van der Waals surface area contributed by atoms with Crippen molar-refractivity contribution in [2.45, 2.75) is 69.9 Å². The minimum atomic E-state index is -0.583. The van der Waals surface area contributed by atoms with E-state index in [4.69, 9.17) is 16.1 Å². The number of hydrogen-bond acceptors (Lipinski definition) is 6. The molecule has 2 aromatic rings. The summed E-state index contributed by atoms with van der Waals surface area (Å²) in [5.41, 5.74) is 0.387.